The molecule has 0 aliphatic carbocycles. The first-order valence-electron chi connectivity index (χ1n) is 9.30. The van der Waals surface area contributed by atoms with Gasteiger partial charge in [-0.05, 0) is 42.2 Å². The Bertz CT molecular complexity index is 759. The Morgan fingerprint density at radius 3 is 2.50 bits per heavy atom. The Morgan fingerprint density at radius 1 is 0.923 bits per heavy atom. The lowest BCUT2D eigenvalue weighted by Crippen LogP contribution is -2.49. The van der Waals surface area contributed by atoms with Crippen molar-refractivity contribution in [2.75, 3.05) is 32.7 Å². The fourth-order valence-electron chi connectivity index (χ4n) is 3.82. The zero-order valence-corrected chi connectivity index (χ0v) is 16.3. The highest BCUT2D eigenvalue weighted by molar-refractivity contribution is 6.42. The third-order valence-electron chi connectivity index (χ3n) is 5.32. The minimum atomic E-state index is 0.312. The van der Waals surface area contributed by atoms with Crippen molar-refractivity contribution >= 4 is 23.2 Å². The zero-order chi connectivity index (χ0) is 17.9. The second kappa shape index (κ2) is 8.18. The van der Waals surface area contributed by atoms with Crippen LogP contribution in [0.5, 0.6) is 5.75 Å². The standard InChI is InChI=1S/C21H24Cl2N2O/c22-19-8-5-16(13-20(19)23)14-24-9-11-25(12-10-24)15-18-7-6-17-3-1-2-4-21(17)26-18/h1-5,8,13,18H,6-7,9-12,14-15H2. The van der Waals surface area contributed by atoms with Crippen molar-refractivity contribution < 1.29 is 4.74 Å². The van der Waals surface area contributed by atoms with Crippen LogP contribution in [0, 0.1) is 0 Å². The molecule has 0 N–H and O–H groups in total. The average molecular weight is 391 g/mol. The molecule has 0 amide bonds. The molecule has 2 aliphatic rings. The van der Waals surface area contributed by atoms with Crippen LogP contribution in [0.2, 0.25) is 10.0 Å². The molecule has 0 spiro atoms. The summed E-state index contributed by atoms with van der Waals surface area (Å²) in [4.78, 5) is 5.01. The van der Waals surface area contributed by atoms with E-state index in [9.17, 15) is 0 Å². The average Bonchev–Trinajstić information content (AvgIpc) is 2.66. The van der Waals surface area contributed by atoms with E-state index in [1.54, 1.807) is 0 Å². The largest absolute Gasteiger partial charge is 0.489 e. The molecule has 0 bridgehead atoms. The first kappa shape index (κ1) is 18.1. The molecule has 2 aromatic carbocycles. The van der Waals surface area contributed by atoms with Gasteiger partial charge in [0, 0.05) is 39.3 Å². The summed E-state index contributed by atoms with van der Waals surface area (Å²) in [6.07, 6.45) is 2.55. The van der Waals surface area contributed by atoms with Gasteiger partial charge in [0.15, 0.2) is 0 Å². The van der Waals surface area contributed by atoms with E-state index >= 15 is 0 Å². The summed E-state index contributed by atoms with van der Waals surface area (Å²) in [5.41, 5.74) is 2.57. The molecule has 1 fully saturated rings. The number of piperazine rings is 1. The Labute approximate surface area is 165 Å². The quantitative estimate of drug-likeness (QED) is 0.763. The maximum Gasteiger partial charge on any atom is 0.122 e. The van der Waals surface area contributed by atoms with Crippen molar-refractivity contribution in [1.82, 2.24) is 9.80 Å². The summed E-state index contributed by atoms with van der Waals surface area (Å²) in [7, 11) is 0. The van der Waals surface area contributed by atoms with Gasteiger partial charge in [-0.3, -0.25) is 9.80 Å². The summed E-state index contributed by atoms with van der Waals surface area (Å²) in [5.74, 6) is 1.07. The molecule has 2 aromatic rings. The van der Waals surface area contributed by atoms with Crippen molar-refractivity contribution in [2.45, 2.75) is 25.5 Å². The maximum absolute atomic E-state index is 6.20. The number of aryl methyl sites for hydroxylation is 1. The molecule has 1 saturated heterocycles. The van der Waals surface area contributed by atoms with E-state index in [0.717, 1.165) is 57.9 Å². The van der Waals surface area contributed by atoms with Gasteiger partial charge in [-0.2, -0.15) is 0 Å². The number of nitrogens with zero attached hydrogens (tertiary/aromatic N) is 2. The first-order valence-corrected chi connectivity index (χ1v) is 10.1. The molecule has 4 rings (SSSR count). The molecule has 0 radical (unpaired) electrons. The second-order valence-electron chi connectivity index (χ2n) is 7.21. The van der Waals surface area contributed by atoms with Gasteiger partial charge in [-0.15, -0.1) is 0 Å². The van der Waals surface area contributed by atoms with Crippen LogP contribution in [0.15, 0.2) is 42.5 Å². The number of hydrogen-bond acceptors (Lipinski definition) is 3. The first-order chi connectivity index (χ1) is 12.7. The summed E-state index contributed by atoms with van der Waals surface area (Å²) >= 11 is 12.1. The number of fused-ring (bicyclic) bond motifs is 1. The fourth-order valence-corrected chi connectivity index (χ4v) is 4.14. The predicted octanol–water partition coefficient (Wildman–Crippen LogP) is 4.50. The third-order valence-corrected chi connectivity index (χ3v) is 6.06. The Kier molecular flexibility index (Phi) is 5.70. The lowest BCUT2D eigenvalue weighted by atomic mass is 10.0. The van der Waals surface area contributed by atoms with E-state index in [4.69, 9.17) is 27.9 Å². The van der Waals surface area contributed by atoms with Crippen LogP contribution >= 0.6 is 23.2 Å². The highest BCUT2D eigenvalue weighted by atomic mass is 35.5. The molecule has 5 heteroatoms. The molecule has 138 valence electrons. The van der Waals surface area contributed by atoms with Gasteiger partial charge in [-0.25, -0.2) is 0 Å². The van der Waals surface area contributed by atoms with Crippen LogP contribution in [0.1, 0.15) is 17.5 Å². The van der Waals surface area contributed by atoms with Crippen LogP contribution in [-0.4, -0.2) is 48.6 Å². The zero-order valence-electron chi connectivity index (χ0n) is 14.8. The lowest BCUT2D eigenvalue weighted by Gasteiger charge is -2.37. The van der Waals surface area contributed by atoms with Gasteiger partial charge in [0.25, 0.3) is 0 Å². The van der Waals surface area contributed by atoms with Crippen LogP contribution in [-0.2, 0) is 13.0 Å². The minimum absolute atomic E-state index is 0.312. The Morgan fingerprint density at radius 2 is 1.69 bits per heavy atom. The monoisotopic (exact) mass is 390 g/mol. The normalized spacial score (nSPS) is 21.2. The van der Waals surface area contributed by atoms with Crippen molar-refractivity contribution in [2.24, 2.45) is 0 Å². The number of ether oxygens (including phenoxy) is 1. The van der Waals surface area contributed by atoms with Gasteiger partial charge in [-0.1, -0.05) is 47.5 Å². The fraction of sp³-hybridized carbons (Fsp3) is 0.429. The third kappa shape index (κ3) is 4.34. The van der Waals surface area contributed by atoms with Gasteiger partial charge >= 0.3 is 0 Å². The highest BCUT2D eigenvalue weighted by Gasteiger charge is 2.24. The molecule has 2 aliphatic heterocycles. The molecule has 1 unspecified atom stereocenters. The van der Waals surface area contributed by atoms with Crippen molar-refractivity contribution in [1.29, 1.82) is 0 Å². The van der Waals surface area contributed by atoms with Crippen LogP contribution < -0.4 is 4.74 Å². The number of rotatable bonds is 4. The summed E-state index contributed by atoms with van der Waals surface area (Å²) in [6.45, 7) is 6.27. The molecule has 1 atom stereocenters. The van der Waals surface area contributed by atoms with Crippen molar-refractivity contribution in [3.05, 3.63) is 63.6 Å². The van der Waals surface area contributed by atoms with Crippen molar-refractivity contribution in [3.8, 4) is 5.75 Å². The van der Waals surface area contributed by atoms with Gasteiger partial charge < -0.3 is 4.74 Å². The number of halogens is 2. The maximum atomic E-state index is 6.20. The molecular formula is C21H24Cl2N2O. The lowest BCUT2D eigenvalue weighted by molar-refractivity contribution is 0.0722. The van der Waals surface area contributed by atoms with Gasteiger partial charge in [0.2, 0.25) is 0 Å². The van der Waals surface area contributed by atoms with Crippen LogP contribution in [0.4, 0.5) is 0 Å². The molecule has 26 heavy (non-hydrogen) atoms. The molecule has 2 heterocycles. The van der Waals surface area contributed by atoms with Gasteiger partial charge in [0.1, 0.15) is 11.9 Å². The number of hydrogen-bond donors (Lipinski definition) is 0. The summed E-state index contributed by atoms with van der Waals surface area (Å²) < 4.78 is 6.20. The van der Waals surface area contributed by atoms with Crippen molar-refractivity contribution in [3.63, 3.8) is 0 Å². The Hall–Kier alpha value is -1.26. The SMILES string of the molecule is Clc1ccc(CN2CCN(CC3CCc4ccccc4O3)CC2)cc1Cl. The minimum Gasteiger partial charge on any atom is -0.489 e. The second-order valence-corrected chi connectivity index (χ2v) is 8.03. The number of para-hydroxylation sites is 1. The Balaban J connectivity index is 1.26. The molecule has 0 aromatic heterocycles. The molecular weight excluding hydrogens is 367 g/mol. The predicted molar refractivity (Wildman–Crippen MR) is 107 cm³/mol. The molecule has 3 nitrogen and oxygen atoms in total. The van der Waals surface area contributed by atoms with Crippen LogP contribution in [0.3, 0.4) is 0 Å². The van der Waals surface area contributed by atoms with E-state index in [0.29, 0.717) is 16.1 Å². The smallest absolute Gasteiger partial charge is 0.122 e. The molecule has 0 saturated carbocycles. The van der Waals surface area contributed by atoms with E-state index in [2.05, 4.69) is 40.1 Å². The topological polar surface area (TPSA) is 15.7 Å². The van der Waals surface area contributed by atoms with E-state index in [1.807, 2.05) is 12.1 Å². The van der Waals surface area contributed by atoms with E-state index < -0.39 is 0 Å². The van der Waals surface area contributed by atoms with E-state index in [-0.39, 0.29) is 0 Å². The number of benzene rings is 2. The van der Waals surface area contributed by atoms with Gasteiger partial charge in [0.05, 0.1) is 10.0 Å². The highest BCUT2D eigenvalue weighted by Crippen LogP contribution is 2.27. The van der Waals surface area contributed by atoms with Crippen LogP contribution in [0.25, 0.3) is 0 Å². The van der Waals surface area contributed by atoms with E-state index in [1.165, 1.54) is 11.1 Å². The summed E-state index contributed by atoms with van der Waals surface area (Å²) in [6, 6.07) is 14.3. The summed E-state index contributed by atoms with van der Waals surface area (Å²) in [5, 5.41) is 1.26.